The first-order chi connectivity index (χ1) is 10.6. The fraction of sp³-hybridized carbons (Fsp3) is 0.429. The van der Waals surface area contributed by atoms with E-state index in [2.05, 4.69) is 16.0 Å². The summed E-state index contributed by atoms with van der Waals surface area (Å²) in [4.78, 5) is 11.9. The van der Waals surface area contributed by atoms with E-state index >= 15 is 0 Å². The molecule has 0 bridgehead atoms. The molecule has 128 valence electrons. The van der Waals surface area contributed by atoms with E-state index in [1.54, 1.807) is 24.3 Å². The number of hydrogen-bond acceptors (Lipinski definition) is 2. The Morgan fingerprint density at radius 1 is 1.26 bits per heavy atom. The molecule has 0 unspecified atom stereocenters. The molecule has 0 aliphatic heterocycles. The number of halogens is 4. The minimum absolute atomic E-state index is 0.183. The van der Waals surface area contributed by atoms with Crippen LogP contribution in [0.25, 0.3) is 0 Å². The normalized spacial score (nSPS) is 12.7. The van der Waals surface area contributed by atoms with Crippen molar-refractivity contribution >= 4 is 75.3 Å². The van der Waals surface area contributed by atoms with Gasteiger partial charge in [-0.3, -0.25) is 4.79 Å². The summed E-state index contributed by atoms with van der Waals surface area (Å²) < 4.78 is -1.77. The zero-order valence-corrected chi connectivity index (χ0v) is 16.3. The Labute approximate surface area is 161 Å². The van der Waals surface area contributed by atoms with Gasteiger partial charge in [0.05, 0.1) is 0 Å². The molecule has 0 spiro atoms. The van der Waals surface area contributed by atoms with Crippen molar-refractivity contribution in [1.29, 1.82) is 0 Å². The molecular formula is C14H17Cl4N3OS. The predicted molar refractivity (Wildman–Crippen MR) is 102 cm³/mol. The fourth-order valence-electron chi connectivity index (χ4n) is 1.65. The van der Waals surface area contributed by atoms with Crippen molar-refractivity contribution in [3.05, 3.63) is 29.3 Å². The zero-order chi connectivity index (χ0) is 17.6. The predicted octanol–water partition coefficient (Wildman–Crippen LogP) is 4.49. The van der Waals surface area contributed by atoms with Crippen molar-refractivity contribution in [2.24, 2.45) is 5.92 Å². The van der Waals surface area contributed by atoms with Crippen molar-refractivity contribution < 1.29 is 4.79 Å². The van der Waals surface area contributed by atoms with Crippen molar-refractivity contribution in [2.45, 2.75) is 30.2 Å². The van der Waals surface area contributed by atoms with Crippen LogP contribution in [-0.2, 0) is 4.79 Å². The Balaban J connectivity index is 2.69. The van der Waals surface area contributed by atoms with Crippen LogP contribution in [0.15, 0.2) is 24.3 Å². The van der Waals surface area contributed by atoms with E-state index in [9.17, 15) is 4.79 Å². The molecule has 1 aromatic carbocycles. The highest BCUT2D eigenvalue weighted by Gasteiger charge is 2.34. The summed E-state index contributed by atoms with van der Waals surface area (Å²) in [5.41, 5.74) is 0.673. The smallest absolute Gasteiger partial charge is 0.228 e. The van der Waals surface area contributed by atoms with Crippen LogP contribution in [0.3, 0.4) is 0 Å². The molecule has 3 N–H and O–H groups in total. The molecule has 1 aromatic rings. The number of rotatable bonds is 5. The van der Waals surface area contributed by atoms with Crippen LogP contribution in [0.4, 0.5) is 5.69 Å². The van der Waals surface area contributed by atoms with Gasteiger partial charge in [-0.2, -0.15) is 0 Å². The highest BCUT2D eigenvalue weighted by molar-refractivity contribution is 7.80. The van der Waals surface area contributed by atoms with E-state index < -0.39 is 9.96 Å². The molecule has 1 atom stereocenters. The maximum absolute atomic E-state index is 11.9. The lowest BCUT2D eigenvalue weighted by atomic mass is 10.1. The Morgan fingerprint density at radius 3 is 2.43 bits per heavy atom. The first-order valence-corrected chi connectivity index (χ1v) is 8.69. The summed E-state index contributed by atoms with van der Waals surface area (Å²) in [5, 5.41) is 9.05. The average molecular weight is 417 g/mol. The third-order valence-corrected chi connectivity index (χ3v) is 3.69. The SMILES string of the molecule is CC(C)CC(=O)N[C@H](NC(=S)Nc1cccc(Cl)c1)C(Cl)(Cl)Cl. The Morgan fingerprint density at radius 2 is 1.91 bits per heavy atom. The van der Waals surface area contributed by atoms with Gasteiger partial charge in [0.2, 0.25) is 9.70 Å². The van der Waals surface area contributed by atoms with Crippen LogP contribution in [-0.4, -0.2) is 21.0 Å². The van der Waals surface area contributed by atoms with E-state index in [0.717, 1.165) is 0 Å². The second-order valence-corrected chi connectivity index (χ2v) is 8.46. The van der Waals surface area contributed by atoms with Crippen LogP contribution >= 0.6 is 58.6 Å². The molecule has 1 amide bonds. The van der Waals surface area contributed by atoms with E-state index in [4.69, 9.17) is 58.6 Å². The third kappa shape index (κ3) is 8.27. The van der Waals surface area contributed by atoms with Crippen LogP contribution in [0.2, 0.25) is 5.02 Å². The molecule has 23 heavy (non-hydrogen) atoms. The van der Waals surface area contributed by atoms with Crippen molar-refractivity contribution in [3.8, 4) is 0 Å². The van der Waals surface area contributed by atoms with Crippen LogP contribution < -0.4 is 16.0 Å². The Kier molecular flexibility index (Phi) is 8.18. The number of anilines is 1. The number of benzene rings is 1. The molecule has 0 radical (unpaired) electrons. The lowest BCUT2D eigenvalue weighted by Crippen LogP contribution is -2.56. The van der Waals surface area contributed by atoms with Gasteiger partial charge < -0.3 is 16.0 Å². The molecule has 9 heteroatoms. The topological polar surface area (TPSA) is 53.2 Å². The second-order valence-electron chi connectivity index (χ2n) is 5.25. The summed E-state index contributed by atoms with van der Waals surface area (Å²) in [6.07, 6.45) is -0.661. The highest BCUT2D eigenvalue weighted by atomic mass is 35.6. The minimum Gasteiger partial charge on any atom is -0.339 e. The van der Waals surface area contributed by atoms with Gasteiger partial charge in [-0.05, 0) is 36.3 Å². The maximum atomic E-state index is 11.9. The number of carbonyl (C=O) groups excluding carboxylic acids is 1. The van der Waals surface area contributed by atoms with Gasteiger partial charge in [-0.25, -0.2) is 0 Å². The Hall–Kier alpha value is -0.460. The standard InChI is InChI=1S/C14H17Cl4N3OS/c1-8(2)6-11(22)20-12(14(16,17)18)21-13(23)19-10-5-3-4-9(15)7-10/h3-5,7-8,12H,6H2,1-2H3,(H,20,22)(H2,19,21,23)/t12-/m1/s1. The summed E-state index contributed by atoms with van der Waals surface area (Å²) in [6, 6.07) is 6.97. The van der Waals surface area contributed by atoms with Gasteiger partial charge in [-0.15, -0.1) is 0 Å². The monoisotopic (exact) mass is 415 g/mol. The molecule has 1 rings (SSSR count). The fourth-order valence-corrected chi connectivity index (χ4v) is 2.41. The van der Waals surface area contributed by atoms with E-state index in [1.807, 2.05) is 13.8 Å². The lowest BCUT2D eigenvalue weighted by molar-refractivity contribution is -0.122. The highest BCUT2D eigenvalue weighted by Crippen LogP contribution is 2.29. The van der Waals surface area contributed by atoms with Gasteiger partial charge in [0.15, 0.2) is 5.11 Å². The first-order valence-electron chi connectivity index (χ1n) is 6.77. The van der Waals surface area contributed by atoms with E-state index in [1.165, 1.54) is 0 Å². The number of hydrogen-bond donors (Lipinski definition) is 3. The van der Waals surface area contributed by atoms with Crippen LogP contribution in [0.5, 0.6) is 0 Å². The first kappa shape index (κ1) is 20.6. The van der Waals surface area contributed by atoms with Crippen molar-refractivity contribution in [1.82, 2.24) is 10.6 Å². The zero-order valence-electron chi connectivity index (χ0n) is 12.5. The van der Waals surface area contributed by atoms with E-state index in [0.29, 0.717) is 17.1 Å². The molecule has 0 saturated carbocycles. The molecule has 0 heterocycles. The second kappa shape index (κ2) is 9.14. The van der Waals surface area contributed by atoms with Gasteiger partial charge in [0.25, 0.3) is 0 Å². The quantitative estimate of drug-likeness (QED) is 0.376. The van der Waals surface area contributed by atoms with Crippen LogP contribution in [0, 0.1) is 5.92 Å². The van der Waals surface area contributed by atoms with Gasteiger partial charge in [0, 0.05) is 17.1 Å². The Bertz CT molecular complexity index is 563. The largest absolute Gasteiger partial charge is 0.339 e. The molecule has 0 saturated heterocycles. The number of alkyl halides is 3. The van der Waals surface area contributed by atoms with Gasteiger partial charge in [-0.1, -0.05) is 66.3 Å². The molecule has 0 aliphatic rings. The number of amides is 1. The number of thiocarbonyl (C=S) groups is 1. The molecule has 0 aliphatic carbocycles. The average Bonchev–Trinajstić information content (AvgIpc) is 2.35. The molecular weight excluding hydrogens is 400 g/mol. The summed E-state index contributed by atoms with van der Waals surface area (Å²) in [5.74, 6) is -0.0584. The third-order valence-electron chi connectivity index (χ3n) is 2.58. The van der Waals surface area contributed by atoms with Crippen LogP contribution in [0.1, 0.15) is 20.3 Å². The maximum Gasteiger partial charge on any atom is 0.228 e. The summed E-state index contributed by atoms with van der Waals surface area (Å²) >= 11 is 28.8. The van der Waals surface area contributed by atoms with Gasteiger partial charge in [0.1, 0.15) is 6.17 Å². The minimum atomic E-state index is -1.77. The van der Waals surface area contributed by atoms with Crippen molar-refractivity contribution in [3.63, 3.8) is 0 Å². The lowest BCUT2D eigenvalue weighted by Gasteiger charge is -2.28. The number of nitrogens with one attached hydrogen (secondary N) is 3. The summed E-state index contributed by atoms with van der Waals surface area (Å²) in [6.45, 7) is 3.84. The van der Waals surface area contributed by atoms with Crippen molar-refractivity contribution in [2.75, 3.05) is 5.32 Å². The van der Waals surface area contributed by atoms with Gasteiger partial charge >= 0.3 is 0 Å². The van der Waals surface area contributed by atoms with E-state index in [-0.39, 0.29) is 16.9 Å². The summed E-state index contributed by atoms with van der Waals surface area (Å²) in [7, 11) is 0. The molecule has 4 nitrogen and oxygen atoms in total. The molecule has 0 fully saturated rings. The number of carbonyl (C=O) groups is 1. The molecule has 0 aromatic heterocycles.